The molecule has 2 saturated carbocycles. The Morgan fingerprint density at radius 1 is 1.18 bits per heavy atom. The Hall–Kier alpha value is -2.97. The number of nitriles is 1. The molecular formula is C22H18F4N4O2S. The summed E-state index contributed by atoms with van der Waals surface area (Å²) in [7, 11) is -4.46. The molecule has 2 fully saturated rings. The Bertz CT molecular complexity index is 1400. The van der Waals surface area contributed by atoms with Crippen molar-refractivity contribution in [1.29, 1.82) is 5.26 Å². The highest BCUT2D eigenvalue weighted by Crippen LogP contribution is 2.50. The highest BCUT2D eigenvalue weighted by molar-refractivity contribution is 7.89. The lowest BCUT2D eigenvalue weighted by atomic mass is 9.92. The summed E-state index contributed by atoms with van der Waals surface area (Å²) in [6.07, 6.45) is -1.59. The molecule has 0 radical (unpaired) electrons. The van der Waals surface area contributed by atoms with Gasteiger partial charge in [-0.15, -0.1) is 0 Å². The van der Waals surface area contributed by atoms with Crippen LogP contribution in [-0.2, 0) is 10.0 Å². The molecule has 0 saturated heterocycles. The van der Waals surface area contributed by atoms with Gasteiger partial charge in [-0.3, -0.25) is 4.98 Å². The number of rotatable bonds is 5. The van der Waals surface area contributed by atoms with Crippen LogP contribution in [0, 0.1) is 17.1 Å². The van der Waals surface area contributed by atoms with Crippen LogP contribution >= 0.6 is 0 Å². The van der Waals surface area contributed by atoms with Crippen LogP contribution in [0.3, 0.4) is 0 Å². The Labute approximate surface area is 186 Å². The van der Waals surface area contributed by atoms with Gasteiger partial charge in [0, 0.05) is 17.6 Å². The molecule has 2 heterocycles. The summed E-state index contributed by atoms with van der Waals surface area (Å²) in [5.41, 5.74) is -0.820. The predicted octanol–water partition coefficient (Wildman–Crippen LogP) is 4.81. The summed E-state index contributed by atoms with van der Waals surface area (Å²) in [6, 6.07) is 8.91. The molecule has 5 rings (SSSR count). The molecule has 0 aliphatic heterocycles. The van der Waals surface area contributed by atoms with Crippen LogP contribution in [-0.4, -0.2) is 29.7 Å². The number of halogens is 4. The summed E-state index contributed by atoms with van der Waals surface area (Å²) >= 11 is 0. The van der Waals surface area contributed by atoms with Crippen molar-refractivity contribution in [2.45, 2.75) is 54.8 Å². The third-order valence-corrected chi connectivity index (χ3v) is 7.95. The van der Waals surface area contributed by atoms with Crippen molar-refractivity contribution in [3.8, 4) is 17.5 Å². The van der Waals surface area contributed by atoms with Crippen LogP contribution in [0.25, 0.3) is 22.3 Å². The molecule has 2 aliphatic rings. The van der Waals surface area contributed by atoms with E-state index in [0.717, 1.165) is 25.5 Å². The van der Waals surface area contributed by atoms with Gasteiger partial charge in [0.05, 0.1) is 22.5 Å². The quantitative estimate of drug-likeness (QED) is 0.533. The molecule has 0 amide bonds. The van der Waals surface area contributed by atoms with E-state index < -0.39 is 32.5 Å². The molecule has 33 heavy (non-hydrogen) atoms. The molecule has 1 N–H and O–H groups in total. The van der Waals surface area contributed by atoms with E-state index in [1.54, 1.807) is 10.8 Å². The Morgan fingerprint density at radius 3 is 2.42 bits per heavy atom. The normalized spacial score (nSPS) is 18.2. The van der Waals surface area contributed by atoms with Gasteiger partial charge in [-0.05, 0) is 62.4 Å². The van der Waals surface area contributed by atoms with Crippen molar-refractivity contribution in [3.63, 3.8) is 0 Å². The Kier molecular flexibility index (Phi) is 4.81. The fraction of sp³-hybridized carbons (Fsp3) is 0.364. The first kappa shape index (κ1) is 21.9. The molecule has 2 aliphatic carbocycles. The topological polar surface area (TPSA) is 87.8 Å². The fourth-order valence-corrected chi connectivity index (χ4v) is 5.63. The van der Waals surface area contributed by atoms with Crippen molar-refractivity contribution in [2.75, 3.05) is 0 Å². The second-order valence-corrected chi connectivity index (χ2v) is 10.2. The zero-order chi connectivity index (χ0) is 23.6. The average molecular weight is 478 g/mol. The lowest BCUT2D eigenvalue weighted by Gasteiger charge is -2.30. The molecule has 0 bridgehead atoms. The summed E-state index contributed by atoms with van der Waals surface area (Å²) in [6.45, 7) is 0. The number of fused-ring (bicyclic) bond motifs is 1. The molecule has 11 heteroatoms. The molecule has 1 aromatic carbocycles. The van der Waals surface area contributed by atoms with E-state index in [9.17, 15) is 31.2 Å². The number of sulfonamides is 1. The van der Waals surface area contributed by atoms with Crippen molar-refractivity contribution in [3.05, 3.63) is 47.9 Å². The molecule has 0 atom stereocenters. The van der Waals surface area contributed by atoms with Gasteiger partial charge in [-0.1, -0.05) is 0 Å². The van der Waals surface area contributed by atoms with Crippen LogP contribution in [0.4, 0.5) is 17.6 Å². The summed E-state index contributed by atoms with van der Waals surface area (Å²) < 4.78 is 82.3. The number of benzene rings is 1. The zero-order valence-electron chi connectivity index (χ0n) is 17.2. The maximum absolute atomic E-state index is 13.9. The first-order valence-corrected chi connectivity index (χ1v) is 11.9. The van der Waals surface area contributed by atoms with Gasteiger partial charge in [0.2, 0.25) is 10.0 Å². The fourth-order valence-electron chi connectivity index (χ4n) is 4.24. The first-order chi connectivity index (χ1) is 15.6. The van der Waals surface area contributed by atoms with Gasteiger partial charge in [-0.2, -0.15) is 23.2 Å². The maximum atomic E-state index is 13.9. The number of pyridine rings is 1. The highest BCUT2D eigenvalue weighted by Gasteiger charge is 2.65. The number of nitrogens with one attached hydrogen (secondary N) is 1. The third-order valence-electron chi connectivity index (χ3n) is 6.43. The zero-order valence-corrected chi connectivity index (χ0v) is 18.0. The van der Waals surface area contributed by atoms with Gasteiger partial charge < -0.3 is 4.57 Å². The second-order valence-electron chi connectivity index (χ2n) is 8.52. The van der Waals surface area contributed by atoms with E-state index in [1.807, 2.05) is 4.57 Å². The number of alkyl halides is 3. The smallest absolute Gasteiger partial charge is 0.335 e. The molecule has 0 unspecified atom stereocenters. The van der Waals surface area contributed by atoms with Gasteiger partial charge in [0.1, 0.15) is 22.3 Å². The van der Waals surface area contributed by atoms with Gasteiger partial charge in [0.25, 0.3) is 0 Å². The van der Waals surface area contributed by atoms with Gasteiger partial charge in [0.15, 0.2) is 0 Å². The van der Waals surface area contributed by atoms with Crippen molar-refractivity contribution in [1.82, 2.24) is 14.3 Å². The third kappa shape index (κ3) is 3.48. The second kappa shape index (κ2) is 7.27. The van der Waals surface area contributed by atoms with Gasteiger partial charge >= 0.3 is 6.18 Å². The van der Waals surface area contributed by atoms with E-state index in [2.05, 4.69) is 11.1 Å². The van der Waals surface area contributed by atoms with Crippen molar-refractivity contribution >= 4 is 20.9 Å². The minimum Gasteiger partial charge on any atom is -0.335 e. The van der Waals surface area contributed by atoms with E-state index >= 15 is 0 Å². The SMILES string of the molecule is N#Cc1c(-c2ccc(S(=O)(=O)NC3(C(F)(F)F)CC3)cn2)n(C2CCC2)c2ccc(F)cc12. The molecule has 6 nitrogen and oxygen atoms in total. The number of aromatic nitrogens is 2. The van der Waals surface area contributed by atoms with Crippen LogP contribution in [0.5, 0.6) is 0 Å². The molecule has 172 valence electrons. The van der Waals surface area contributed by atoms with E-state index in [4.69, 9.17) is 0 Å². The van der Waals surface area contributed by atoms with E-state index in [-0.39, 0.29) is 30.1 Å². The summed E-state index contributed by atoms with van der Waals surface area (Å²) in [5, 5.41) is 10.3. The number of nitrogens with zero attached hydrogens (tertiary/aromatic N) is 3. The molecule has 2 aromatic heterocycles. The lowest BCUT2D eigenvalue weighted by molar-refractivity contribution is -0.160. The van der Waals surface area contributed by atoms with Crippen LogP contribution in [0.2, 0.25) is 0 Å². The van der Waals surface area contributed by atoms with Crippen molar-refractivity contribution in [2.24, 2.45) is 0 Å². The van der Waals surface area contributed by atoms with Gasteiger partial charge in [-0.25, -0.2) is 12.8 Å². The maximum Gasteiger partial charge on any atom is 0.407 e. The summed E-state index contributed by atoms with van der Waals surface area (Å²) in [5.74, 6) is -0.490. The lowest BCUT2D eigenvalue weighted by Crippen LogP contribution is -2.47. The minimum atomic E-state index is -4.69. The van der Waals surface area contributed by atoms with E-state index in [0.29, 0.717) is 16.6 Å². The Morgan fingerprint density at radius 2 is 1.91 bits per heavy atom. The van der Waals surface area contributed by atoms with Crippen LogP contribution in [0.15, 0.2) is 41.4 Å². The molecule has 3 aromatic rings. The summed E-state index contributed by atoms with van der Waals surface area (Å²) in [4.78, 5) is 3.78. The minimum absolute atomic E-state index is 0.0865. The highest BCUT2D eigenvalue weighted by atomic mass is 32.2. The standard InChI is InChI=1S/C22H18F4N4O2S/c23-13-4-7-19-16(10-13)17(11-27)20(30(19)14-2-1-3-14)18-6-5-15(12-28-18)33(31,32)29-21(8-9-21)22(24,25)26/h4-7,10,12,14,29H,1-3,8-9H2. The Balaban J connectivity index is 1.58. The van der Waals surface area contributed by atoms with Crippen LogP contribution < -0.4 is 4.72 Å². The average Bonchev–Trinajstić information content (AvgIpc) is 3.43. The molecule has 0 spiro atoms. The number of hydrogen-bond acceptors (Lipinski definition) is 4. The van der Waals surface area contributed by atoms with E-state index in [1.165, 1.54) is 24.3 Å². The largest absolute Gasteiger partial charge is 0.407 e. The molecular weight excluding hydrogens is 460 g/mol. The monoisotopic (exact) mass is 478 g/mol. The first-order valence-electron chi connectivity index (χ1n) is 10.4. The predicted molar refractivity (Wildman–Crippen MR) is 111 cm³/mol. The number of hydrogen-bond donors (Lipinski definition) is 1. The van der Waals surface area contributed by atoms with Crippen LogP contribution in [0.1, 0.15) is 43.7 Å². The van der Waals surface area contributed by atoms with Crippen molar-refractivity contribution < 1.29 is 26.0 Å².